The third kappa shape index (κ3) is 6.37. The molecule has 0 amide bonds. The predicted octanol–water partition coefficient (Wildman–Crippen LogP) is 0.839. The van der Waals surface area contributed by atoms with E-state index >= 15 is 0 Å². The quantitative estimate of drug-likeness (QED) is 0.382. The van der Waals surface area contributed by atoms with E-state index in [9.17, 15) is 0 Å². The van der Waals surface area contributed by atoms with Gasteiger partial charge < -0.3 is 5.23 Å². The Kier molecular flexibility index (Phi) is 2.77. The molecule has 0 bridgehead atoms. The molecule has 0 unspecified atom stereocenters. The van der Waals surface area contributed by atoms with Crippen LogP contribution in [0.3, 0.4) is 0 Å². The van der Waals surface area contributed by atoms with Crippen LogP contribution in [0, 0.1) is 0 Å². The van der Waals surface area contributed by atoms with Gasteiger partial charge in [0.2, 0.25) is 0 Å². The lowest BCUT2D eigenvalue weighted by atomic mass is 10.1. The zero-order valence-corrected chi connectivity index (χ0v) is 5.92. The smallest absolute Gasteiger partial charge is 0.282 e. The maximum absolute atomic E-state index is 3.88. The molecule has 1 radical (unpaired) electrons. The SMILES string of the molecule is CC(C)(C)N[B]S. The Morgan fingerprint density at radius 1 is 1.43 bits per heavy atom. The minimum atomic E-state index is 0.168. The molecule has 1 N–H and O–H groups in total. The van der Waals surface area contributed by atoms with E-state index in [0.29, 0.717) is 0 Å². The standard InChI is InChI=1S/C4H11BNS/c1-4(2,3)6-5-7/h6-7H,1-3H3. The molecular formula is C4H11BNS. The van der Waals surface area contributed by atoms with Crippen LogP contribution < -0.4 is 5.23 Å². The molecule has 0 saturated carbocycles. The van der Waals surface area contributed by atoms with E-state index in [0.717, 1.165) is 0 Å². The van der Waals surface area contributed by atoms with Crippen LogP contribution in [-0.2, 0) is 0 Å². The molecule has 7 heavy (non-hydrogen) atoms. The van der Waals surface area contributed by atoms with Gasteiger partial charge in [0.05, 0.1) is 0 Å². The lowest BCUT2D eigenvalue weighted by Gasteiger charge is -2.17. The number of rotatable bonds is 1. The Morgan fingerprint density at radius 3 is 1.86 bits per heavy atom. The molecule has 0 aliphatic heterocycles. The average Bonchev–Trinajstić information content (AvgIpc) is 1.30. The molecule has 0 aliphatic rings. The predicted molar refractivity (Wildman–Crippen MR) is 37.6 cm³/mol. The van der Waals surface area contributed by atoms with Gasteiger partial charge in [0.1, 0.15) is 0 Å². The Morgan fingerprint density at radius 2 is 1.86 bits per heavy atom. The summed E-state index contributed by atoms with van der Waals surface area (Å²) in [4.78, 5) is 0. The number of nitrogens with one attached hydrogen (secondary N) is 1. The average molecular weight is 116 g/mol. The van der Waals surface area contributed by atoms with Gasteiger partial charge in [-0.2, -0.15) is 0 Å². The lowest BCUT2D eigenvalue weighted by Crippen LogP contribution is -2.36. The number of hydrogen-bond acceptors (Lipinski definition) is 2. The van der Waals surface area contributed by atoms with Gasteiger partial charge in [0.25, 0.3) is 6.69 Å². The summed E-state index contributed by atoms with van der Waals surface area (Å²) in [7, 11) is 0. The fourth-order valence-electron chi connectivity index (χ4n) is 0.194. The first-order valence-corrected chi connectivity index (χ1v) is 2.81. The second-order valence-corrected chi connectivity index (χ2v) is 2.78. The van der Waals surface area contributed by atoms with Gasteiger partial charge in [-0.1, -0.05) is 0 Å². The van der Waals surface area contributed by atoms with Crippen LogP contribution in [-0.4, -0.2) is 12.2 Å². The van der Waals surface area contributed by atoms with Gasteiger partial charge >= 0.3 is 0 Å². The first-order valence-electron chi connectivity index (χ1n) is 2.30. The van der Waals surface area contributed by atoms with E-state index in [1.165, 1.54) is 0 Å². The van der Waals surface area contributed by atoms with Crippen LogP contribution in [0.2, 0.25) is 0 Å². The van der Waals surface area contributed by atoms with Crippen molar-refractivity contribution in [3.63, 3.8) is 0 Å². The van der Waals surface area contributed by atoms with E-state index < -0.39 is 0 Å². The van der Waals surface area contributed by atoms with E-state index in [-0.39, 0.29) is 5.54 Å². The fraction of sp³-hybridized carbons (Fsp3) is 1.00. The molecule has 0 heterocycles. The molecule has 1 nitrogen and oxygen atoms in total. The van der Waals surface area contributed by atoms with Gasteiger partial charge in [-0.05, 0) is 26.3 Å². The summed E-state index contributed by atoms with van der Waals surface area (Å²) in [6, 6.07) is 0. The van der Waals surface area contributed by atoms with E-state index in [2.05, 4.69) is 38.5 Å². The van der Waals surface area contributed by atoms with Gasteiger partial charge in [0, 0.05) is 0 Å². The van der Waals surface area contributed by atoms with Crippen molar-refractivity contribution in [2.75, 3.05) is 0 Å². The van der Waals surface area contributed by atoms with E-state index in [4.69, 9.17) is 0 Å². The van der Waals surface area contributed by atoms with Crippen LogP contribution in [0.4, 0.5) is 0 Å². The van der Waals surface area contributed by atoms with Crippen LogP contribution in [0.5, 0.6) is 0 Å². The molecule has 3 heteroatoms. The second-order valence-electron chi connectivity index (χ2n) is 2.52. The van der Waals surface area contributed by atoms with Crippen molar-refractivity contribution >= 4 is 19.2 Å². The van der Waals surface area contributed by atoms with Gasteiger partial charge in [-0.3, -0.25) is 0 Å². The van der Waals surface area contributed by atoms with Crippen molar-refractivity contribution in [1.29, 1.82) is 0 Å². The first-order chi connectivity index (χ1) is 3.06. The maximum atomic E-state index is 3.88. The van der Waals surface area contributed by atoms with E-state index in [1.54, 1.807) is 6.69 Å². The zero-order valence-electron chi connectivity index (χ0n) is 5.02. The Bertz CT molecular complexity index is 50.1. The molecule has 0 atom stereocenters. The summed E-state index contributed by atoms with van der Waals surface area (Å²) in [5.41, 5.74) is 0.168. The highest BCUT2D eigenvalue weighted by Gasteiger charge is 2.05. The van der Waals surface area contributed by atoms with Crippen molar-refractivity contribution in [1.82, 2.24) is 5.23 Å². The minimum absolute atomic E-state index is 0.168. The van der Waals surface area contributed by atoms with Gasteiger partial charge in [-0.25, -0.2) is 12.5 Å². The Labute approximate surface area is 51.4 Å². The summed E-state index contributed by atoms with van der Waals surface area (Å²) < 4.78 is 0. The Balaban J connectivity index is 3.15. The first kappa shape index (κ1) is 7.37. The third-order valence-electron chi connectivity index (χ3n) is 0.498. The zero-order chi connectivity index (χ0) is 5.91. The summed E-state index contributed by atoms with van der Waals surface area (Å²) >= 11 is 3.88. The summed E-state index contributed by atoms with van der Waals surface area (Å²) in [5, 5.41) is 3.02. The van der Waals surface area contributed by atoms with Gasteiger partial charge in [0.15, 0.2) is 0 Å². The number of hydrogen-bond donors (Lipinski definition) is 2. The highest BCUT2D eigenvalue weighted by molar-refractivity contribution is 8.06. The molecule has 0 fully saturated rings. The highest BCUT2D eigenvalue weighted by atomic mass is 32.1. The topological polar surface area (TPSA) is 12.0 Å². The molecule has 0 spiro atoms. The summed E-state index contributed by atoms with van der Waals surface area (Å²) in [6.45, 7) is 7.90. The molecule has 0 aromatic heterocycles. The van der Waals surface area contributed by atoms with E-state index in [1.807, 2.05) is 0 Å². The monoisotopic (exact) mass is 116 g/mol. The van der Waals surface area contributed by atoms with Crippen LogP contribution in [0.15, 0.2) is 0 Å². The molecule has 0 rings (SSSR count). The maximum Gasteiger partial charge on any atom is 0.282 e. The van der Waals surface area contributed by atoms with Crippen molar-refractivity contribution in [2.45, 2.75) is 26.3 Å². The van der Waals surface area contributed by atoms with Crippen LogP contribution >= 0.6 is 12.5 Å². The van der Waals surface area contributed by atoms with Crippen molar-refractivity contribution in [3.8, 4) is 0 Å². The second kappa shape index (κ2) is 2.63. The van der Waals surface area contributed by atoms with Crippen molar-refractivity contribution in [2.24, 2.45) is 0 Å². The minimum Gasteiger partial charge on any atom is -0.346 e. The Hall–Kier alpha value is 0.375. The number of thiol groups is 1. The summed E-state index contributed by atoms with van der Waals surface area (Å²) in [6.07, 6.45) is 0. The largest absolute Gasteiger partial charge is 0.346 e. The molecule has 41 valence electrons. The highest BCUT2D eigenvalue weighted by Crippen LogP contribution is 1.95. The molecular weight excluding hydrogens is 105 g/mol. The lowest BCUT2D eigenvalue weighted by molar-refractivity contribution is 0.527. The normalized spacial score (nSPS) is 11.4. The van der Waals surface area contributed by atoms with Gasteiger partial charge in [-0.15, -0.1) is 0 Å². The fourth-order valence-corrected chi connectivity index (χ4v) is 0.581. The molecule has 0 aromatic rings. The molecule has 0 aliphatic carbocycles. The molecule has 0 aromatic carbocycles. The van der Waals surface area contributed by atoms with Crippen molar-refractivity contribution in [3.05, 3.63) is 0 Å². The summed E-state index contributed by atoms with van der Waals surface area (Å²) in [5.74, 6) is 0. The van der Waals surface area contributed by atoms with Crippen molar-refractivity contribution < 1.29 is 0 Å². The van der Waals surface area contributed by atoms with Crippen LogP contribution in [0.1, 0.15) is 20.8 Å². The molecule has 0 saturated heterocycles. The van der Waals surface area contributed by atoms with Crippen LogP contribution in [0.25, 0.3) is 0 Å². The third-order valence-corrected chi connectivity index (χ3v) is 0.627.